The molecule has 2 heteroatoms. The minimum atomic E-state index is -0.247. The molecule has 16 heavy (non-hydrogen) atoms. The van der Waals surface area contributed by atoms with Crippen LogP contribution in [0.2, 0.25) is 0 Å². The van der Waals surface area contributed by atoms with Crippen LogP contribution in [-0.4, -0.2) is 15.8 Å². The Kier molecular flexibility index (Phi) is 2.81. The molecule has 0 aliphatic carbocycles. The van der Waals surface area contributed by atoms with Gasteiger partial charge in [0, 0.05) is 5.54 Å². The largest absolute Gasteiger partial charge is 0.313 e. The van der Waals surface area contributed by atoms with E-state index in [0.717, 1.165) is 19.3 Å². The first-order valence-electron chi connectivity index (χ1n) is 6.02. The lowest BCUT2D eigenvalue weighted by atomic mass is 9.77. The molecule has 1 heterocycles. The maximum absolute atomic E-state index is 10.4. The number of hydrogen-bond donors (Lipinski definition) is 1. The van der Waals surface area contributed by atoms with E-state index in [1.807, 2.05) is 18.2 Å². The zero-order valence-electron chi connectivity index (χ0n) is 10.4. The summed E-state index contributed by atoms with van der Waals surface area (Å²) in [7, 11) is 0. The van der Waals surface area contributed by atoms with Gasteiger partial charge in [0.05, 0.1) is 5.54 Å². The molecule has 88 valence electrons. The molecule has 0 spiro atoms. The molecule has 1 aromatic carbocycles. The van der Waals surface area contributed by atoms with Gasteiger partial charge in [-0.15, -0.1) is 0 Å². The number of hydroxylamine groups is 2. The van der Waals surface area contributed by atoms with Crippen molar-refractivity contribution in [3.8, 4) is 0 Å². The Morgan fingerprint density at radius 2 is 1.69 bits per heavy atom. The minimum absolute atomic E-state index is 0.136. The van der Waals surface area contributed by atoms with Crippen molar-refractivity contribution in [3.05, 3.63) is 35.9 Å². The van der Waals surface area contributed by atoms with E-state index in [9.17, 15) is 5.21 Å². The van der Waals surface area contributed by atoms with Gasteiger partial charge < -0.3 is 5.21 Å². The summed E-state index contributed by atoms with van der Waals surface area (Å²) in [6.45, 7) is 6.34. The van der Waals surface area contributed by atoms with E-state index in [2.05, 4.69) is 32.9 Å². The number of hydrogen-bond acceptors (Lipinski definition) is 2. The Hall–Kier alpha value is -0.860. The number of nitrogens with zero attached hydrogens (tertiary/aromatic N) is 1. The fourth-order valence-electron chi connectivity index (χ4n) is 2.81. The third kappa shape index (κ3) is 1.76. The van der Waals surface area contributed by atoms with Crippen LogP contribution in [0.4, 0.5) is 0 Å². The van der Waals surface area contributed by atoms with Gasteiger partial charge in [0.25, 0.3) is 0 Å². The lowest BCUT2D eigenvalue weighted by molar-refractivity contribution is -0.252. The maximum Gasteiger partial charge on any atom is 0.0686 e. The van der Waals surface area contributed by atoms with Crippen LogP contribution >= 0.6 is 0 Å². The SMILES string of the molecule is CC1(C)CCCC(C)(c2ccccc2)N1O. The molecule has 0 bridgehead atoms. The first kappa shape index (κ1) is 11.6. The second-order valence-electron chi connectivity index (χ2n) is 5.62. The van der Waals surface area contributed by atoms with Crippen LogP contribution in [0.1, 0.15) is 45.6 Å². The van der Waals surface area contributed by atoms with Crippen LogP contribution in [0.5, 0.6) is 0 Å². The van der Waals surface area contributed by atoms with Crippen molar-refractivity contribution in [2.45, 2.75) is 51.1 Å². The molecular formula is C14H21NO. The third-order valence-corrected chi connectivity index (χ3v) is 3.89. The summed E-state index contributed by atoms with van der Waals surface area (Å²) in [6, 6.07) is 10.3. The maximum atomic E-state index is 10.4. The topological polar surface area (TPSA) is 23.5 Å². The molecule has 0 amide bonds. The lowest BCUT2D eigenvalue weighted by Gasteiger charge is -2.50. The van der Waals surface area contributed by atoms with E-state index in [4.69, 9.17) is 0 Å². The minimum Gasteiger partial charge on any atom is -0.313 e. The summed E-state index contributed by atoms with van der Waals surface area (Å²) in [5.74, 6) is 0. The fraction of sp³-hybridized carbons (Fsp3) is 0.571. The molecule has 0 saturated carbocycles. The van der Waals surface area contributed by atoms with Crippen molar-refractivity contribution >= 4 is 0 Å². The number of piperidine rings is 1. The standard InChI is InChI=1S/C14H21NO/c1-13(2)10-7-11-14(3,15(13)16)12-8-5-4-6-9-12/h4-6,8-9,16H,7,10-11H2,1-3H3. The Morgan fingerprint density at radius 3 is 2.31 bits per heavy atom. The van der Waals surface area contributed by atoms with Gasteiger partial charge in [0.2, 0.25) is 0 Å². The zero-order valence-corrected chi connectivity index (χ0v) is 10.4. The van der Waals surface area contributed by atoms with Crippen LogP contribution in [0.15, 0.2) is 30.3 Å². The Balaban J connectivity index is 2.38. The van der Waals surface area contributed by atoms with Crippen molar-refractivity contribution < 1.29 is 5.21 Å². The summed E-state index contributed by atoms with van der Waals surface area (Å²) in [6.07, 6.45) is 3.22. The quantitative estimate of drug-likeness (QED) is 0.780. The molecule has 1 atom stereocenters. The smallest absolute Gasteiger partial charge is 0.0686 e. The molecule has 1 aromatic rings. The van der Waals surface area contributed by atoms with E-state index >= 15 is 0 Å². The van der Waals surface area contributed by atoms with Crippen molar-refractivity contribution in [2.24, 2.45) is 0 Å². The van der Waals surface area contributed by atoms with E-state index in [-0.39, 0.29) is 11.1 Å². The molecule has 1 aliphatic rings. The molecule has 1 N–H and O–H groups in total. The molecule has 1 fully saturated rings. The van der Waals surface area contributed by atoms with Crippen LogP contribution in [0.25, 0.3) is 0 Å². The van der Waals surface area contributed by atoms with Gasteiger partial charge >= 0.3 is 0 Å². The van der Waals surface area contributed by atoms with Crippen LogP contribution in [0.3, 0.4) is 0 Å². The zero-order chi connectivity index (χ0) is 11.8. The van der Waals surface area contributed by atoms with E-state index in [1.54, 1.807) is 5.06 Å². The summed E-state index contributed by atoms with van der Waals surface area (Å²) >= 11 is 0. The second-order valence-corrected chi connectivity index (χ2v) is 5.62. The highest BCUT2D eigenvalue weighted by molar-refractivity contribution is 5.24. The summed E-state index contributed by atoms with van der Waals surface area (Å²) in [5.41, 5.74) is 0.816. The highest BCUT2D eigenvalue weighted by Gasteiger charge is 2.44. The molecule has 2 nitrogen and oxygen atoms in total. The van der Waals surface area contributed by atoms with E-state index in [0.29, 0.717) is 0 Å². The average Bonchev–Trinajstić information content (AvgIpc) is 2.27. The molecule has 1 aliphatic heterocycles. The van der Waals surface area contributed by atoms with Gasteiger partial charge in [-0.2, -0.15) is 5.06 Å². The van der Waals surface area contributed by atoms with Crippen molar-refractivity contribution in [2.75, 3.05) is 0 Å². The van der Waals surface area contributed by atoms with Crippen molar-refractivity contribution in [1.29, 1.82) is 0 Å². The normalized spacial score (nSPS) is 30.2. The molecule has 0 aromatic heterocycles. The van der Waals surface area contributed by atoms with Gasteiger partial charge in [0.1, 0.15) is 0 Å². The highest BCUT2D eigenvalue weighted by atomic mass is 16.5. The van der Waals surface area contributed by atoms with Crippen LogP contribution in [-0.2, 0) is 5.54 Å². The van der Waals surface area contributed by atoms with Gasteiger partial charge in [-0.25, -0.2) is 0 Å². The highest BCUT2D eigenvalue weighted by Crippen LogP contribution is 2.42. The van der Waals surface area contributed by atoms with E-state index in [1.165, 1.54) is 5.56 Å². The van der Waals surface area contributed by atoms with Gasteiger partial charge in [-0.3, -0.25) is 0 Å². The van der Waals surface area contributed by atoms with E-state index < -0.39 is 0 Å². The Bertz CT molecular complexity index is 360. The summed E-state index contributed by atoms with van der Waals surface area (Å²) in [5, 5.41) is 12.0. The van der Waals surface area contributed by atoms with Crippen LogP contribution in [0, 0.1) is 0 Å². The predicted octanol–water partition coefficient (Wildman–Crippen LogP) is 3.56. The first-order chi connectivity index (χ1) is 7.47. The van der Waals surface area contributed by atoms with Gasteiger partial charge in [-0.1, -0.05) is 30.3 Å². The Morgan fingerprint density at radius 1 is 1.06 bits per heavy atom. The molecule has 0 radical (unpaired) electrons. The van der Waals surface area contributed by atoms with Crippen molar-refractivity contribution in [1.82, 2.24) is 5.06 Å². The Labute approximate surface area is 97.9 Å². The lowest BCUT2D eigenvalue weighted by Crippen LogP contribution is -2.56. The average molecular weight is 219 g/mol. The third-order valence-electron chi connectivity index (χ3n) is 3.89. The molecule has 1 saturated heterocycles. The van der Waals surface area contributed by atoms with Crippen LogP contribution < -0.4 is 0 Å². The summed E-state index contributed by atoms with van der Waals surface area (Å²) in [4.78, 5) is 0. The molecular weight excluding hydrogens is 198 g/mol. The van der Waals surface area contributed by atoms with Gasteiger partial charge in [-0.05, 0) is 45.6 Å². The number of rotatable bonds is 1. The molecule has 2 rings (SSSR count). The van der Waals surface area contributed by atoms with Gasteiger partial charge in [0.15, 0.2) is 0 Å². The first-order valence-corrected chi connectivity index (χ1v) is 6.02. The predicted molar refractivity (Wildman–Crippen MR) is 65.3 cm³/mol. The number of benzene rings is 1. The van der Waals surface area contributed by atoms with Crippen molar-refractivity contribution in [3.63, 3.8) is 0 Å². The fourth-order valence-corrected chi connectivity index (χ4v) is 2.81. The second kappa shape index (κ2) is 3.86. The monoisotopic (exact) mass is 219 g/mol. The summed E-state index contributed by atoms with van der Waals surface area (Å²) < 4.78 is 0. The molecule has 1 unspecified atom stereocenters.